The Kier molecular flexibility index (Phi) is 4.45. The van der Waals surface area contributed by atoms with Crippen molar-refractivity contribution in [3.05, 3.63) is 29.3 Å². The second-order valence-corrected chi connectivity index (χ2v) is 7.26. The Bertz CT molecular complexity index is 591. The molecule has 1 amide bonds. The van der Waals surface area contributed by atoms with E-state index in [1.54, 1.807) is 0 Å². The molecule has 0 spiro atoms. The van der Waals surface area contributed by atoms with Crippen LogP contribution in [0, 0.1) is 13.8 Å². The maximum Gasteiger partial charge on any atom is 0.239 e. The Labute approximate surface area is 120 Å². The summed E-state index contributed by atoms with van der Waals surface area (Å²) in [6, 6.07) is 5.76. The number of aryl methyl sites for hydroxylation is 2. The van der Waals surface area contributed by atoms with Gasteiger partial charge in [0, 0.05) is 12.2 Å². The first-order valence-corrected chi connectivity index (χ1v) is 8.35. The second kappa shape index (κ2) is 5.93. The van der Waals surface area contributed by atoms with E-state index in [2.05, 4.69) is 5.32 Å². The quantitative estimate of drug-likeness (QED) is 0.922. The highest BCUT2D eigenvalue weighted by Gasteiger charge is 2.27. The first-order valence-electron chi connectivity index (χ1n) is 6.74. The molecule has 5 nitrogen and oxygen atoms in total. The largest absolute Gasteiger partial charge is 0.324 e. The molecule has 0 atom stereocenters. The third-order valence-corrected chi connectivity index (χ3v) is 5.42. The molecule has 1 aromatic rings. The van der Waals surface area contributed by atoms with Crippen LogP contribution in [0.4, 0.5) is 5.69 Å². The number of benzene rings is 1. The van der Waals surface area contributed by atoms with Gasteiger partial charge in [-0.25, -0.2) is 8.42 Å². The summed E-state index contributed by atoms with van der Waals surface area (Å²) in [4.78, 5) is 12.1. The molecule has 0 bridgehead atoms. The molecule has 0 aliphatic carbocycles. The van der Waals surface area contributed by atoms with Crippen molar-refractivity contribution in [1.29, 1.82) is 0 Å². The molecule has 1 saturated heterocycles. The summed E-state index contributed by atoms with van der Waals surface area (Å²) in [5.41, 5.74) is 2.71. The van der Waals surface area contributed by atoms with Crippen LogP contribution < -0.4 is 5.32 Å². The van der Waals surface area contributed by atoms with Gasteiger partial charge >= 0.3 is 0 Å². The number of nitrogens with zero attached hydrogens (tertiary/aromatic N) is 1. The van der Waals surface area contributed by atoms with Gasteiger partial charge in [0.25, 0.3) is 0 Å². The molecule has 0 saturated carbocycles. The van der Waals surface area contributed by atoms with E-state index in [9.17, 15) is 13.2 Å². The minimum absolute atomic E-state index is 0.101. The summed E-state index contributed by atoms with van der Waals surface area (Å²) in [6.07, 6.45) is 1.49. The molecule has 1 fully saturated rings. The van der Waals surface area contributed by atoms with Crippen LogP contribution in [0.2, 0.25) is 0 Å². The molecule has 1 N–H and O–H groups in total. The standard InChI is InChI=1S/C14H20N2O3S/c1-11-6-5-7-12(2)14(11)15-13(17)10-16-8-3-4-9-20(16,18)19/h5-7H,3-4,8-10H2,1-2H3,(H,15,17). The van der Waals surface area contributed by atoms with Crippen molar-refractivity contribution in [2.24, 2.45) is 0 Å². The van der Waals surface area contributed by atoms with Crippen LogP contribution in [0.1, 0.15) is 24.0 Å². The van der Waals surface area contributed by atoms with Crippen LogP contribution in [-0.2, 0) is 14.8 Å². The van der Waals surface area contributed by atoms with Gasteiger partial charge in [-0.15, -0.1) is 0 Å². The third kappa shape index (κ3) is 3.37. The van der Waals surface area contributed by atoms with Crippen LogP contribution in [0.25, 0.3) is 0 Å². The molecule has 6 heteroatoms. The van der Waals surface area contributed by atoms with Gasteiger partial charge in [-0.1, -0.05) is 18.2 Å². The van der Waals surface area contributed by atoms with Gasteiger partial charge in [-0.3, -0.25) is 4.79 Å². The smallest absolute Gasteiger partial charge is 0.239 e. The van der Waals surface area contributed by atoms with Gasteiger partial charge in [-0.2, -0.15) is 4.31 Å². The number of para-hydroxylation sites is 1. The van der Waals surface area contributed by atoms with Crippen molar-refractivity contribution in [2.45, 2.75) is 26.7 Å². The third-order valence-electron chi connectivity index (χ3n) is 3.52. The van der Waals surface area contributed by atoms with Crippen molar-refractivity contribution in [1.82, 2.24) is 4.31 Å². The van der Waals surface area contributed by atoms with E-state index in [4.69, 9.17) is 0 Å². The fourth-order valence-corrected chi connectivity index (χ4v) is 3.92. The summed E-state index contributed by atoms with van der Waals surface area (Å²) in [6.45, 7) is 4.17. The van der Waals surface area contributed by atoms with Gasteiger partial charge in [-0.05, 0) is 37.8 Å². The monoisotopic (exact) mass is 296 g/mol. The summed E-state index contributed by atoms with van der Waals surface area (Å²) in [7, 11) is -3.26. The lowest BCUT2D eigenvalue weighted by Crippen LogP contribution is -2.42. The molecule has 1 heterocycles. The first kappa shape index (κ1) is 15.0. The normalized spacial score (nSPS) is 18.7. The summed E-state index contributed by atoms with van der Waals surface area (Å²) in [5.74, 6) is -0.142. The fraction of sp³-hybridized carbons (Fsp3) is 0.500. The van der Waals surface area contributed by atoms with E-state index in [0.717, 1.165) is 23.2 Å². The number of anilines is 1. The molecular formula is C14H20N2O3S. The lowest BCUT2D eigenvalue weighted by Gasteiger charge is -2.25. The summed E-state index contributed by atoms with van der Waals surface area (Å²) < 4.78 is 25.0. The van der Waals surface area contributed by atoms with Gasteiger partial charge < -0.3 is 5.32 Å². The van der Waals surface area contributed by atoms with Crippen LogP contribution in [-0.4, -0.2) is 37.5 Å². The average molecular weight is 296 g/mol. The predicted octanol–water partition coefficient (Wildman–Crippen LogP) is 1.67. The van der Waals surface area contributed by atoms with E-state index in [1.165, 1.54) is 4.31 Å². The Morgan fingerprint density at radius 1 is 1.25 bits per heavy atom. The SMILES string of the molecule is Cc1cccc(C)c1NC(=O)CN1CCCCS1(=O)=O. The molecule has 0 aromatic heterocycles. The Balaban J connectivity index is 2.06. The first-order chi connectivity index (χ1) is 9.40. The minimum Gasteiger partial charge on any atom is -0.324 e. The van der Waals surface area contributed by atoms with Gasteiger partial charge in [0.2, 0.25) is 15.9 Å². The number of carbonyl (C=O) groups excluding carboxylic acids is 1. The molecule has 1 aliphatic heterocycles. The number of hydrogen-bond donors (Lipinski definition) is 1. The zero-order valence-corrected chi connectivity index (χ0v) is 12.7. The summed E-state index contributed by atoms with van der Waals surface area (Å²) >= 11 is 0. The molecule has 0 unspecified atom stereocenters. The lowest BCUT2D eigenvalue weighted by molar-refractivity contribution is -0.116. The van der Waals surface area contributed by atoms with Crippen molar-refractivity contribution in [2.75, 3.05) is 24.2 Å². The van der Waals surface area contributed by atoms with Crippen molar-refractivity contribution >= 4 is 21.6 Å². The summed E-state index contributed by atoms with van der Waals surface area (Å²) in [5, 5.41) is 2.82. The van der Waals surface area contributed by atoms with Gasteiger partial charge in [0.05, 0.1) is 12.3 Å². The van der Waals surface area contributed by atoms with E-state index in [0.29, 0.717) is 13.0 Å². The Morgan fingerprint density at radius 3 is 2.50 bits per heavy atom. The Hall–Kier alpha value is -1.40. The van der Waals surface area contributed by atoms with E-state index in [-0.39, 0.29) is 18.2 Å². The molecule has 1 aromatic carbocycles. The molecule has 110 valence electrons. The number of amides is 1. The Morgan fingerprint density at radius 2 is 1.90 bits per heavy atom. The van der Waals surface area contributed by atoms with Crippen molar-refractivity contribution < 1.29 is 13.2 Å². The highest BCUT2D eigenvalue weighted by atomic mass is 32.2. The predicted molar refractivity (Wildman–Crippen MR) is 79.1 cm³/mol. The van der Waals surface area contributed by atoms with Crippen LogP contribution in [0.5, 0.6) is 0 Å². The molecule has 1 aliphatic rings. The number of rotatable bonds is 3. The van der Waals surface area contributed by atoms with Crippen LogP contribution in [0.15, 0.2) is 18.2 Å². The van der Waals surface area contributed by atoms with E-state index < -0.39 is 10.0 Å². The van der Waals surface area contributed by atoms with Gasteiger partial charge in [0.1, 0.15) is 0 Å². The molecule has 0 radical (unpaired) electrons. The number of sulfonamides is 1. The zero-order chi connectivity index (χ0) is 14.8. The number of nitrogens with one attached hydrogen (secondary N) is 1. The minimum atomic E-state index is -3.26. The maximum absolute atomic E-state index is 12.1. The highest BCUT2D eigenvalue weighted by molar-refractivity contribution is 7.89. The number of carbonyl (C=O) groups is 1. The maximum atomic E-state index is 12.1. The average Bonchev–Trinajstić information content (AvgIpc) is 2.36. The second-order valence-electron chi connectivity index (χ2n) is 5.17. The van der Waals surface area contributed by atoms with Crippen molar-refractivity contribution in [3.8, 4) is 0 Å². The van der Waals surface area contributed by atoms with Gasteiger partial charge in [0.15, 0.2) is 0 Å². The van der Waals surface area contributed by atoms with Crippen molar-refractivity contribution in [3.63, 3.8) is 0 Å². The van der Waals surface area contributed by atoms with E-state index >= 15 is 0 Å². The molecular weight excluding hydrogens is 276 g/mol. The zero-order valence-electron chi connectivity index (χ0n) is 11.8. The lowest BCUT2D eigenvalue weighted by atomic mass is 10.1. The van der Waals surface area contributed by atoms with Crippen LogP contribution >= 0.6 is 0 Å². The fourth-order valence-electron chi connectivity index (χ4n) is 2.37. The number of hydrogen-bond acceptors (Lipinski definition) is 3. The highest BCUT2D eigenvalue weighted by Crippen LogP contribution is 2.20. The molecule has 2 rings (SSSR count). The molecule has 20 heavy (non-hydrogen) atoms. The van der Waals surface area contributed by atoms with Crippen LogP contribution in [0.3, 0.4) is 0 Å². The van der Waals surface area contributed by atoms with E-state index in [1.807, 2.05) is 32.0 Å². The topological polar surface area (TPSA) is 66.5 Å².